The number of rotatable bonds is 3. The molecule has 0 aliphatic heterocycles. The van der Waals surface area contributed by atoms with Crippen LogP contribution in [0, 0.1) is 6.92 Å². The van der Waals surface area contributed by atoms with Crippen LogP contribution in [-0.2, 0) is 14.1 Å². The van der Waals surface area contributed by atoms with E-state index >= 15 is 0 Å². The summed E-state index contributed by atoms with van der Waals surface area (Å²) in [6.45, 7) is 1.89. The fourth-order valence-corrected chi connectivity index (χ4v) is 4.17. The van der Waals surface area contributed by atoms with Gasteiger partial charge in [-0.25, -0.2) is 4.79 Å². The zero-order valence-electron chi connectivity index (χ0n) is 18.2. The Hall–Kier alpha value is -4.20. The monoisotopic (exact) mass is 426 g/mol. The van der Waals surface area contributed by atoms with Crippen LogP contribution >= 0.6 is 0 Å². The van der Waals surface area contributed by atoms with Crippen LogP contribution in [0.15, 0.2) is 59.7 Å². The molecule has 0 saturated heterocycles. The number of nitrogens with one attached hydrogen (secondary N) is 1. The van der Waals surface area contributed by atoms with Crippen molar-refractivity contribution in [2.24, 2.45) is 14.1 Å². The average Bonchev–Trinajstić information content (AvgIpc) is 3.27. The standard InChI is InChI=1S/C24H22N6O2/c1-14-21(13-28(3)27-14)30-22-18-11-17(15-5-7-16(8-6-15)23(31)25-2)9-10-19(18)26-12-20(22)29(4)24(30)32/h5-13H,1-4H3,(H,25,31). The van der Waals surface area contributed by atoms with E-state index in [1.165, 1.54) is 0 Å². The normalized spacial score (nSPS) is 11.4. The van der Waals surface area contributed by atoms with Crippen LogP contribution in [0.1, 0.15) is 16.1 Å². The molecule has 0 fully saturated rings. The summed E-state index contributed by atoms with van der Waals surface area (Å²) in [7, 11) is 5.20. The summed E-state index contributed by atoms with van der Waals surface area (Å²) in [6.07, 6.45) is 3.59. The van der Waals surface area contributed by atoms with Gasteiger partial charge in [-0.15, -0.1) is 0 Å². The van der Waals surface area contributed by atoms with E-state index in [0.717, 1.165) is 44.4 Å². The van der Waals surface area contributed by atoms with Crippen LogP contribution in [0.4, 0.5) is 0 Å². The highest BCUT2D eigenvalue weighted by Gasteiger charge is 2.19. The molecule has 0 spiro atoms. The topological polar surface area (TPSA) is 86.7 Å². The Morgan fingerprint density at radius 1 is 1.03 bits per heavy atom. The second-order valence-corrected chi connectivity index (χ2v) is 7.83. The van der Waals surface area contributed by atoms with E-state index in [4.69, 9.17) is 0 Å². The predicted molar refractivity (Wildman–Crippen MR) is 124 cm³/mol. The van der Waals surface area contributed by atoms with Crippen molar-refractivity contribution in [2.45, 2.75) is 6.92 Å². The number of hydrogen-bond donors (Lipinski definition) is 1. The molecule has 2 aromatic carbocycles. The maximum atomic E-state index is 13.2. The van der Waals surface area contributed by atoms with E-state index in [2.05, 4.69) is 15.4 Å². The smallest absolute Gasteiger partial charge is 0.333 e. The van der Waals surface area contributed by atoms with E-state index in [0.29, 0.717) is 5.56 Å². The van der Waals surface area contributed by atoms with E-state index in [-0.39, 0.29) is 11.6 Å². The summed E-state index contributed by atoms with van der Waals surface area (Å²) < 4.78 is 5.03. The van der Waals surface area contributed by atoms with Gasteiger partial charge in [0.1, 0.15) is 0 Å². The summed E-state index contributed by atoms with van der Waals surface area (Å²) in [5.41, 5.74) is 6.25. The number of pyridine rings is 1. The van der Waals surface area contributed by atoms with Crippen LogP contribution in [-0.4, -0.2) is 36.9 Å². The number of amides is 1. The first-order chi connectivity index (χ1) is 15.4. The molecule has 1 N–H and O–H groups in total. The van der Waals surface area contributed by atoms with Gasteiger partial charge in [0.05, 0.1) is 34.1 Å². The minimum absolute atomic E-state index is 0.124. The van der Waals surface area contributed by atoms with Crippen LogP contribution in [0.25, 0.3) is 38.8 Å². The van der Waals surface area contributed by atoms with Gasteiger partial charge in [0, 0.05) is 38.3 Å². The number of fused-ring (bicyclic) bond motifs is 3. The lowest BCUT2D eigenvalue weighted by atomic mass is 10.0. The molecule has 8 heteroatoms. The van der Waals surface area contributed by atoms with Gasteiger partial charge in [0.2, 0.25) is 0 Å². The maximum absolute atomic E-state index is 13.2. The summed E-state index contributed by atoms with van der Waals surface area (Å²) in [5.74, 6) is -0.124. The highest BCUT2D eigenvalue weighted by atomic mass is 16.2. The minimum Gasteiger partial charge on any atom is -0.355 e. The van der Waals surface area contributed by atoms with E-state index in [9.17, 15) is 9.59 Å². The first-order valence-corrected chi connectivity index (χ1v) is 10.2. The number of hydrogen-bond acceptors (Lipinski definition) is 4. The van der Waals surface area contributed by atoms with Crippen LogP contribution in [0.5, 0.6) is 0 Å². The summed E-state index contributed by atoms with van der Waals surface area (Å²) in [6, 6.07) is 13.4. The number of imidazole rings is 1. The number of aryl methyl sites for hydroxylation is 3. The largest absolute Gasteiger partial charge is 0.355 e. The number of carbonyl (C=O) groups excluding carboxylic acids is 1. The lowest BCUT2D eigenvalue weighted by molar-refractivity contribution is 0.0963. The third kappa shape index (κ3) is 2.91. The van der Waals surface area contributed by atoms with Crippen molar-refractivity contribution >= 4 is 27.8 Å². The molecule has 5 aromatic rings. The molecular weight excluding hydrogens is 404 g/mol. The molecule has 0 unspecified atom stereocenters. The molecule has 0 atom stereocenters. The Labute approximate surface area is 183 Å². The summed E-state index contributed by atoms with van der Waals surface area (Å²) >= 11 is 0. The average molecular weight is 426 g/mol. The van der Waals surface area contributed by atoms with E-state index < -0.39 is 0 Å². The van der Waals surface area contributed by atoms with Gasteiger partial charge in [0.25, 0.3) is 5.91 Å². The van der Waals surface area contributed by atoms with Gasteiger partial charge >= 0.3 is 5.69 Å². The lowest BCUT2D eigenvalue weighted by Crippen LogP contribution is -2.21. The van der Waals surface area contributed by atoms with Crippen LogP contribution < -0.4 is 11.0 Å². The fourth-order valence-electron chi connectivity index (χ4n) is 4.17. The third-order valence-corrected chi connectivity index (χ3v) is 5.82. The van der Waals surface area contributed by atoms with E-state index in [1.54, 1.807) is 46.2 Å². The van der Waals surface area contributed by atoms with Gasteiger partial charge in [-0.05, 0) is 42.3 Å². The third-order valence-electron chi connectivity index (χ3n) is 5.82. The molecule has 0 aliphatic carbocycles. The summed E-state index contributed by atoms with van der Waals surface area (Å²) in [4.78, 5) is 29.6. The molecule has 0 aliphatic rings. The second-order valence-electron chi connectivity index (χ2n) is 7.83. The zero-order chi connectivity index (χ0) is 22.6. The van der Waals surface area contributed by atoms with Gasteiger partial charge in [-0.3, -0.25) is 23.6 Å². The molecule has 0 saturated carbocycles. The number of aromatic nitrogens is 5. The van der Waals surface area contributed by atoms with Crippen molar-refractivity contribution in [1.82, 2.24) is 29.2 Å². The van der Waals surface area contributed by atoms with Crippen LogP contribution in [0.2, 0.25) is 0 Å². The first kappa shape index (κ1) is 19.7. The number of nitrogens with zero attached hydrogens (tertiary/aromatic N) is 5. The lowest BCUT2D eigenvalue weighted by Gasteiger charge is -2.08. The molecule has 0 radical (unpaired) electrons. The molecule has 160 valence electrons. The van der Waals surface area contributed by atoms with Crippen molar-refractivity contribution in [3.8, 4) is 16.8 Å². The fraction of sp³-hybridized carbons (Fsp3) is 0.167. The Morgan fingerprint density at radius 3 is 2.41 bits per heavy atom. The number of carbonyl (C=O) groups is 1. The predicted octanol–water partition coefficient (Wildman–Crippen LogP) is 2.95. The SMILES string of the molecule is CNC(=O)c1ccc(-c2ccc3ncc4c(c3c2)n(-c2cn(C)nc2C)c(=O)n4C)cc1. The quantitative estimate of drug-likeness (QED) is 0.481. The number of benzene rings is 2. The Bertz CT molecular complexity index is 1570. The zero-order valence-corrected chi connectivity index (χ0v) is 18.2. The molecule has 0 bridgehead atoms. The van der Waals surface area contributed by atoms with Gasteiger partial charge in [-0.2, -0.15) is 5.10 Å². The Morgan fingerprint density at radius 2 is 1.75 bits per heavy atom. The van der Waals surface area contributed by atoms with Crippen LogP contribution in [0.3, 0.4) is 0 Å². The van der Waals surface area contributed by atoms with Crippen molar-refractivity contribution < 1.29 is 4.79 Å². The highest BCUT2D eigenvalue weighted by Crippen LogP contribution is 2.30. The molecule has 8 nitrogen and oxygen atoms in total. The molecule has 32 heavy (non-hydrogen) atoms. The van der Waals surface area contributed by atoms with Crippen molar-refractivity contribution in [3.05, 3.63) is 76.6 Å². The molecule has 1 amide bonds. The molecule has 3 aromatic heterocycles. The van der Waals surface area contributed by atoms with Gasteiger partial charge in [0.15, 0.2) is 0 Å². The molecule has 3 heterocycles. The van der Waals surface area contributed by atoms with Gasteiger partial charge < -0.3 is 5.32 Å². The van der Waals surface area contributed by atoms with Crippen molar-refractivity contribution in [2.75, 3.05) is 7.05 Å². The summed E-state index contributed by atoms with van der Waals surface area (Å²) in [5, 5.41) is 7.92. The Balaban J connectivity index is 1.78. The van der Waals surface area contributed by atoms with E-state index in [1.807, 2.05) is 50.5 Å². The van der Waals surface area contributed by atoms with Crippen molar-refractivity contribution in [1.29, 1.82) is 0 Å². The molecule has 5 rings (SSSR count). The Kier molecular flexibility index (Phi) is 4.44. The minimum atomic E-state index is -0.147. The maximum Gasteiger partial charge on any atom is 0.333 e. The van der Waals surface area contributed by atoms with Gasteiger partial charge in [-0.1, -0.05) is 18.2 Å². The van der Waals surface area contributed by atoms with Crippen molar-refractivity contribution in [3.63, 3.8) is 0 Å². The highest BCUT2D eigenvalue weighted by molar-refractivity contribution is 6.04. The molecular formula is C24H22N6O2. The second kappa shape index (κ2) is 7.19. The first-order valence-electron chi connectivity index (χ1n) is 10.2.